The van der Waals surface area contributed by atoms with Crippen molar-refractivity contribution in [3.63, 3.8) is 0 Å². The van der Waals surface area contributed by atoms with Crippen molar-refractivity contribution in [2.45, 2.75) is 26.4 Å². The van der Waals surface area contributed by atoms with E-state index in [4.69, 9.17) is 9.52 Å². The number of rotatable bonds is 5. The molecule has 1 unspecified atom stereocenters. The smallest absolute Gasteiger partial charge is 0.126 e. The quantitative estimate of drug-likeness (QED) is 0.831. The lowest BCUT2D eigenvalue weighted by Crippen LogP contribution is -2.05. The zero-order valence-corrected chi connectivity index (χ0v) is 10.1. The fraction of sp³-hybridized carbons (Fsp3) is 0.417. The van der Waals surface area contributed by atoms with Gasteiger partial charge in [0, 0.05) is 6.20 Å². The molecule has 17 heavy (non-hydrogen) atoms. The number of hydrogen-bond donors (Lipinski definition) is 2. The third kappa shape index (κ3) is 2.88. The van der Waals surface area contributed by atoms with Crippen LogP contribution in [0.15, 0.2) is 28.9 Å². The minimum atomic E-state index is 0.0913. The highest BCUT2D eigenvalue weighted by Crippen LogP contribution is 2.20. The van der Waals surface area contributed by atoms with Gasteiger partial charge in [0.15, 0.2) is 0 Å². The van der Waals surface area contributed by atoms with Gasteiger partial charge in [-0.1, -0.05) is 0 Å². The molecule has 2 aromatic heterocycles. The number of aryl methyl sites for hydroxylation is 1. The first-order valence-electron chi connectivity index (χ1n) is 5.65. The molecule has 0 amide bonds. The summed E-state index contributed by atoms with van der Waals surface area (Å²) >= 11 is 0. The predicted octanol–water partition coefficient (Wildman–Crippen LogP) is 1.95. The number of nitrogens with zero attached hydrogens (tertiary/aromatic N) is 2. The maximum Gasteiger partial charge on any atom is 0.126 e. The summed E-state index contributed by atoms with van der Waals surface area (Å²) in [5, 5.41) is 16.2. The summed E-state index contributed by atoms with van der Waals surface area (Å²) in [5.41, 5.74) is 0.917. The van der Waals surface area contributed by atoms with Crippen LogP contribution in [0, 0.1) is 6.92 Å². The summed E-state index contributed by atoms with van der Waals surface area (Å²) in [7, 11) is 0. The first-order chi connectivity index (χ1) is 8.19. The van der Waals surface area contributed by atoms with E-state index < -0.39 is 0 Å². The normalized spacial score (nSPS) is 12.6. The van der Waals surface area contributed by atoms with Crippen molar-refractivity contribution in [3.05, 3.63) is 36.0 Å². The third-order valence-corrected chi connectivity index (χ3v) is 2.53. The second kappa shape index (κ2) is 5.05. The number of aliphatic hydroxyl groups excluding tert-OH is 1. The van der Waals surface area contributed by atoms with E-state index in [0.717, 1.165) is 17.2 Å². The zero-order chi connectivity index (χ0) is 12.3. The van der Waals surface area contributed by atoms with Crippen LogP contribution in [0.25, 0.3) is 0 Å². The molecule has 2 N–H and O–H groups in total. The first kappa shape index (κ1) is 11.7. The molecule has 0 bridgehead atoms. The van der Waals surface area contributed by atoms with Gasteiger partial charge in [0.1, 0.15) is 11.5 Å². The molecule has 0 aromatic carbocycles. The molecule has 92 valence electrons. The highest BCUT2D eigenvalue weighted by atomic mass is 16.3. The van der Waals surface area contributed by atoms with Gasteiger partial charge in [-0.15, -0.1) is 0 Å². The molecular weight excluding hydrogens is 218 g/mol. The molecule has 0 fully saturated rings. The number of hydrogen-bond acceptors (Lipinski definition) is 4. The Morgan fingerprint density at radius 2 is 2.35 bits per heavy atom. The number of nitrogens with one attached hydrogen (secondary N) is 1. The van der Waals surface area contributed by atoms with E-state index in [1.54, 1.807) is 10.9 Å². The van der Waals surface area contributed by atoms with Crippen LogP contribution in [0.1, 0.15) is 24.5 Å². The molecular formula is C12H17N3O2. The number of aromatic nitrogens is 2. The van der Waals surface area contributed by atoms with Crippen molar-refractivity contribution < 1.29 is 9.52 Å². The third-order valence-electron chi connectivity index (χ3n) is 2.53. The summed E-state index contributed by atoms with van der Waals surface area (Å²) in [5.74, 6) is 1.81. The van der Waals surface area contributed by atoms with Crippen LogP contribution in [0.5, 0.6) is 0 Å². The van der Waals surface area contributed by atoms with E-state index in [1.165, 1.54) is 0 Å². The van der Waals surface area contributed by atoms with Crippen LogP contribution < -0.4 is 5.32 Å². The Morgan fingerprint density at radius 3 is 3.00 bits per heavy atom. The molecule has 0 radical (unpaired) electrons. The lowest BCUT2D eigenvalue weighted by molar-refractivity contribution is 0.269. The fourth-order valence-electron chi connectivity index (χ4n) is 1.67. The van der Waals surface area contributed by atoms with E-state index in [1.807, 2.05) is 32.2 Å². The Hall–Kier alpha value is -1.75. The lowest BCUT2D eigenvalue weighted by atomic mass is 10.2. The number of furan rings is 1. The van der Waals surface area contributed by atoms with Gasteiger partial charge < -0.3 is 14.8 Å². The van der Waals surface area contributed by atoms with Gasteiger partial charge in [-0.2, -0.15) is 5.10 Å². The molecule has 2 heterocycles. The molecule has 0 spiro atoms. The Morgan fingerprint density at radius 1 is 1.53 bits per heavy atom. The first-order valence-corrected chi connectivity index (χ1v) is 5.65. The van der Waals surface area contributed by atoms with Crippen molar-refractivity contribution >= 4 is 5.69 Å². The zero-order valence-electron chi connectivity index (χ0n) is 10.1. The van der Waals surface area contributed by atoms with Gasteiger partial charge in [-0.3, -0.25) is 4.68 Å². The molecule has 0 aliphatic carbocycles. The average molecular weight is 235 g/mol. The van der Waals surface area contributed by atoms with Crippen molar-refractivity contribution in [2.24, 2.45) is 0 Å². The minimum absolute atomic E-state index is 0.0913. The molecule has 0 aliphatic rings. The molecule has 5 nitrogen and oxygen atoms in total. The van der Waals surface area contributed by atoms with Crippen LogP contribution in [0.3, 0.4) is 0 Å². The molecule has 0 saturated carbocycles. The summed E-state index contributed by atoms with van der Waals surface area (Å²) in [4.78, 5) is 0. The summed E-state index contributed by atoms with van der Waals surface area (Å²) in [6, 6.07) is 4.00. The van der Waals surface area contributed by atoms with E-state index in [0.29, 0.717) is 6.54 Å². The van der Waals surface area contributed by atoms with Crippen molar-refractivity contribution in [2.75, 3.05) is 11.9 Å². The molecule has 5 heteroatoms. The minimum Gasteiger partial charge on any atom is -0.464 e. The van der Waals surface area contributed by atoms with E-state index >= 15 is 0 Å². The number of aliphatic hydroxyl groups is 1. The monoisotopic (exact) mass is 235 g/mol. The molecule has 2 aromatic rings. The van der Waals surface area contributed by atoms with Gasteiger partial charge in [0.25, 0.3) is 0 Å². The van der Waals surface area contributed by atoms with E-state index in [9.17, 15) is 0 Å². The van der Waals surface area contributed by atoms with Gasteiger partial charge in [-0.05, 0) is 26.0 Å². The van der Waals surface area contributed by atoms with E-state index in [-0.39, 0.29) is 12.6 Å². The largest absolute Gasteiger partial charge is 0.464 e. The standard InChI is InChI=1S/C12H17N3O2/c1-9-3-4-12(17-9)10(2)14-11-7-13-15(8-11)5-6-16/h3-4,7-8,10,14,16H,5-6H2,1-2H3. The average Bonchev–Trinajstić information content (AvgIpc) is 2.88. The summed E-state index contributed by atoms with van der Waals surface area (Å²) in [6.07, 6.45) is 3.60. The van der Waals surface area contributed by atoms with Crippen LogP contribution in [-0.4, -0.2) is 21.5 Å². The maximum atomic E-state index is 8.80. The molecule has 0 aliphatic heterocycles. The topological polar surface area (TPSA) is 63.2 Å². The lowest BCUT2D eigenvalue weighted by Gasteiger charge is -2.10. The van der Waals surface area contributed by atoms with Crippen molar-refractivity contribution in [1.82, 2.24) is 9.78 Å². The SMILES string of the molecule is Cc1ccc(C(C)Nc2cnn(CCO)c2)o1. The maximum absolute atomic E-state index is 8.80. The highest BCUT2D eigenvalue weighted by Gasteiger charge is 2.10. The highest BCUT2D eigenvalue weighted by molar-refractivity contribution is 5.40. The fourth-order valence-corrected chi connectivity index (χ4v) is 1.67. The Bertz CT molecular complexity index is 476. The van der Waals surface area contributed by atoms with Crippen LogP contribution >= 0.6 is 0 Å². The molecule has 1 atom stereocenters. The second-order valence-electron chi connectivity index (χ2n) is 4.03. The van der Waals surface area contributed by atoms with Crippen LogP contribution in [0.2, 0.25) is 0 Å². The Labute approximate surface area is 100 Å². The van der Waals surface area contributed by atoms with E-state index in [2.05, 4.69) is 10.4 Å². The Balaban J connectivity index is 1.99. The van der Waals surface area contributed by atoms with Crippen LogP contribution in [0.4, 0.5) is 5.69 Å². The van der Waals surface area contributed by atoms with Gasteiger partial charge in [-0.25, -0.2) is 0 Å². The summed E-state index contributed by atoms with van der Waals surface area (Å²) < 4.78 is 7.24. The van der Waals surface area contributed by atoms with Crippen molar-refractivity contribution in [3.8, 4) is 0 Å². The molecule has 2 rings (SSSR count). The summed E-state index contributed by atoms with van der Waals surface area (Å²) in [6.45, 7) is 4.56. The van der Waals surface area contributed by atoms with Gasteiger partial charge >= 0.3 is 0 Å². The Kier molecular flexibility index (Phi) is 3.49. The molecule has 0 saturated heterocycles. The van der Waals surface area contributed by atoms with Crippen LogP contribution in [-0.2, 0) is 6.54 Å². The predicted molar refractivity (Wildman–Crippen MR) is 64.8 cm³/mol. The van der Waals surface area contributed by atoms with Crippen molar-refractivity contribution in [1.29, 1.82) is 0 Å². The second-order valence-corrected chi connectivity index (χ2v) is 4.03. The van der Waals surface area contributed by atoms with Gasteiger partial charge in [0.2, 0.25) is 0 Å². The van der Waals surface area contributed by atoms with Gasteiger partial charge in [0.05, 0.1) is 31.1 Å². The number of anilines is 1.